The van der Waals surface area contributed by atoms with Gasteiger partial charge in [-0.3, -0.25) is 0 Å². The van der Waals surface area contributed by atoms with Crippen LogP contribution < -0.4 is 10.6 Å². The second kappa shape index (κ2) is 7.49. The highest BCUT2D eigenvalue weighted by atomic mass is 19.2. The van der Waals surface area contributed by atoms with Gasteiger partial charge in [0.05, 0.1) is 17.9 Å². The van der Waals surface area contributed by atoms with Gasteiger partial charge in [-0.25, -0.2) is 22.8 Å². The highest BCUT2D eigenvalue weighted by Crippen LogP contribution is 2.20. The van der Waals surface area contributed by atoms with Gasteiger partial charge in [0.25, 0.3) is 0 Å². The monoisotopic (exact) mass is 338 g/mol. The number of nitrogens with one attached hydrogen (secondary N) is 2. The van der Waals surface area contributed by atoms with Crippen molar-refractivity contribution in [2.75, 3.05) is 17.2 Å². The quantitative estimate of drug-likeness (QED) is 0.656. The van der Waals surface area contributed by atoms with E-state index in [4.69, 9.17) is 4.74 Å². The highest BCUT2D eigenvalue weighted by molar-refractivity contribution is 6.00. The summed E-state index contributed by atoms with van der Waals surface area (Å²) in [6, 6.07) is 6.49. The summed E-state index contributed by atoms with van der Waals surface area (Å²) in [6.07, 6.45) is 0. The van der Waals surface area contributed by atoms with E-state index in [9.17, 15) is 22.8 Å². The summed E-state index contributed by atoms with van der Waals surface area (Å²) in [5.74, 6) is -5.03. The van der Waals surface area contributed by atoms with Crippen LogP contribution in [0.15, 0.2) is 36.4 Å². The molecule has 5 nitrogen and oxygen atoms in total. The second-order valence-electron chi connectivity index (χ2n) is 4.60. The summed E-state index contributed by atoms with van der Waals surface area (Å²) < 4.78 is 44.2. The molecular formula is C16H13F3N2O3. The molecule has 2 N–H and O–H groups in total. The number of anilines is 2. The van der Waals surface area contributed by atoms with Crippen molar-refractivity contribution in [1.29, 1.82) is 0 Å². The molecule has 8 heteroatoms. The highest BCUT2D eigenvalue weighted by Gasteiger charge is 2.15. The number of hydrogen-bond acceptors (Lipinski definition) is 3. The minimum Gasteiger partial charge on any atom is -0.462 e. The minimum absolute atomic E-state index is 0.237. The number of amides is 2. The number of carbonyl (C=O) groups excluding carboxylic acids is 2. The van der Waals surface area contributed by atoms with Crippen molar-refractivity contribution in [2.24, 2.45) is 0 Å². The Morgan fingerprint density at radius 3 is 2.25 bits per heavy atom. The Balaban J connectivity index is 2.02. The molecule has 0 radical (unpaired) electrons. The van der Waals surface area contributed by atoms with Crippen LogP contribution in [0.5, 0.6) is 0 Å². The summed E-state index contributed by atoms with van der Waals surface area (Å²) in [4.78, 5) is 23.2. The van der Waals surface area contributed by atoms with Gasteiger partial charge in [-0.1, -0.05) is 0 Å². The molecule has 0 saturated heterocycles. The second-order valence-corrected chi connectivity index (χ2v) is 4.60. The zero-order valence-corrected chi connectivity index (χ0v) is 12.5. The van der Waals surface area contributed by atoms with Crippen LogP contribution in [-0.2, 0) is 4.74 Å². The average molecular weight is 338 g/mol. The zero-order chi connectivity index (χ0) is 17.7. The van der Waals surface area contributed by atoms with Crippen molar-refractivity contribution in [3.63, 3.8) is 0 Å². The zero-order valence-electron chi connectivity index (χ0n) is 12.5. The van der Waals surface area contributed by atoms with Crippen LogP contribution in [0.2, 0.25) is 0 Å². The molecule has 2 rings (SSSR count). The van der Waals surface area contributed by atoms with E-state index in [1.165, 1.54) is 24.3 Å². The van der Waals surface area contributed by atoms with Crippen LogP contribution in [0.1, 0.15) is 17.3 Å². The smallest absolute Gasteiger partial charge is 0.338 e. The Kier molecular flexibility index (Phi) is 5.41. The van der Waals surface area contributed by atoms with Gasteiger partial charge in [0.2, 0.25) is 0 Å². The summed E-state index contributed by atoms with van der Waals surface area (Å²) in [5.41, 5.74) is 0.104. The molecule has 0 bridgehead atoms. The van der Waals surface area contributed by atoms with E-state index < -0.39 is 35.1 Å². The number of benzene rings is 2. The standard InChI is InChI=1S/C16H13F3N2O3/c1-2-24-15(22)9-3-5-10(6-4-9)20-16(23)21-12-8-7-11(17)13(18)14(12)19/h3-8H,2H2,1H3,(H2,20,21,23). The minimum atomic E-state index is -1.67. The molecule has 0 saturated carbocycles. The van der Waals surface area contributed by atoms with Gasteiger partial charge in [-0.2, -0.15) is 0 Å². The number of esters is 1. The van der Waals surface area contributed by atoms with E-state index in [0.717, 1.165) is 6.07 Å². The molecule has 0 fully saturated rings. The van der Waals surface area contributed by atoms with Crippen LogP contribution in [-0.4, -0.2) is 18.6 Å². The molecule has 2 aromatic rings. The number of hydrogen-bond donors (Lipinski definition) is 2. The van der Waals surface area contributed by atoms with Crippen LogP contribution in [0.4, 0.5) is 29.3 Å². The third-order valence-corrected chi connectivity index (χ3v) is 2.94. The molecule has 2 amide bonds. The molecule has 0 spiro atoms. The van der Waals surface area contributed by atoms with E-state index in [1.54, 1.807) is 6.92 Å². The van der Waals surface area contributed by atoms with Gasteiger partial charge in [0.1, 0.15) is 0 Å². The molecule has 0 aliphatic carbocycles. The van der Waals surface area contributed by atoms with E-state index in [1.807, 2.05) is 0 Å². The Morgan fingerprint density at radius 2 is 1.62 bits per heavy atom. The number of urea groups is 1. The molecule has 0 heterocycles. The van der Waals surface area contributed by atoms with Crippen molar-refractivity contribution in [3.05, 3.63) is 59.4 Å². The van der Waals surface area contributed by atoms with Crippen molar-refractivity contribution in [2.45, 2.75) is 6.92 Å². The normalized spacial score (nSPS) is 10.2. The van der Waals surface area contributed by atoms with E-state index in [2.05, 4.69) is 10.6 Å². The lowest BCUT2D eigenvalue weighted by atomic mass is 10.2. The lowest BCUT2D eigenvalue weighted by Gasteiger charge is -2.09. The Morgan fingerprint density at radius 1 is 0.958 bits per heavy atom. The maximum atomic E-state index is 13.5. The van der Waals surface area contributed by atoms with Crippen LogP contribution in [0.25, 0.3) is 0 Å². The van der Waals surface area contributed by atoms with Gasteiger partial charge < -0.3 is 15.4 Å². The first-order chi connectivity index (χ1) is 11.4. The summed E-state index contributed by atoms with van der Waals surface area (Å²) in [5, 5.41) is 4.43. The fourth-order valence-electron chi connectivity index (χ4n) is 1.81. The SMILES string of the molecule is CCOC(=O)c1ccc(NC(=O)Nc2ccc(F)c(F)c2F)cc1. The molecule has 0 aromatic heterocycles. The Labute approximate surface area is 135 Å². The number of halogens is 3. The van der Waals surface area contributed by atoms with Gasteiger partial charge in [0.15, 0.2) is 17.5 Å². The Hall–Kier alpha value is -3.03. The number of rotatable bonds is 4. The summed E-state index contributed by atoms with van der Waals surface area (Å²) in [7, 11) is 0. The number of carbonyl (C=O) groups is 2. The molecule has 126 valence electrons. The van der Waals surface area contributed by atoms with E-state index in [-0.39, 0.29) is 6.61 Å². The summed E-state index contributed by atoms with van der Waals surface area (Å²) in [6.45, 7) is 1.91. The lowest BCUT2D eigenvalue weighted by molar-refractivity contribution is 0.0526. The first-order valence-corrected chi connectivity index (χ1v) is 6.91. The molecule has 0 unspecified atom stereocenters. The van der Waals surface area contributed by atoms with Crippen LogP contribution in [0, 0.1) is 17.5 Å². The molecule has 2 aromatic carbocycles. The maximum Gasteiger partial charge on any atom is 0.338 e. The third kappa shape index (κ3) is 4.03. The topological polar surface area (TPSA) is 67.4 Å². The van der Waals surface area contributed by atoms with Crippen molar-refractivity contribution >= 4 is 23.4 Å². The average Bonchev–Trinajstić information content (AvgIpc) is 2.56. The van der Waals surface area contributed by atoms with E-state index >= 15 is 0 Å². The predicted molar refractivity (Wildman–Crippen MR) is 81.4 cm³/mol. The molecule has 24 heavy (non-hydrogen) atoms. The fraction of sp³-hybridized carbons (Fsp3) is 0.125. The third-order valence-electron chi connectivity index (χ3n) is 2.94. The maximum absolute atomic E-state index is 13.5. The molecular weight excluding hydrogens is 325 g/mol. The molecule has 0 atom stereocenters. The van der Waals surface area contributed by atoms with Crippen molar-refractivity contribution in [1.82, 2.24) is 0 Å². The van der Waals surface area contributed by atoms with Crippen molar-refractivity contribution < 1.29 is 27.5 Å². The molecule has 0 aliphatic heterocycles. The van der Waals surface area contributed by atoms with Gasteiger partial charge >= 0.3 is 12.0 Å². The first kappa shape index (κ1) is 17.3. The van der Waals surface area contributed by atoms with Gasteiger partial charge in [-0.15, -0.1) is 0 Å². The first-order valence-electron chi connectivity index (χ1n) is 6.91. The lowest BCUT2D eigenvalue weighted by Crippen LogP contribution is -2.20. The van der Waals surface area contributed by atoms with Crippen LogP contribution in [0.3, 0.4) is 0 Å². The largest absolute Gasteiger partial charge is 0.462 e. The fourth-order valence-corrected chi connectivity index (χ4v) is 1.81. The predicted octanol–water partition coefficient (Wildman–Crippen LogP) is 3.92. The Bertz CT molecular complexity index is 764. The van der Waals surface area contributed by atoms with E-state index in [0.29, 0.717) is 17.3 Å². The van der Waals surface area contributed by atoms with Crippen molar-refractivity contribution in [3.8, 4) is 0 Å². The van der Waals surface area contributed by atoms with Crippen LogP contribution >= 0.6 is 0 Å². The van der Waals surface area contributed by atoms with Gasteiger partial charge in [0, 0.05) is 5.69 Å². The number of ether oxygens (including phenoxy) is 1. The van der Waals surface area contributed by atoms with Gasteiger partial charge in [-0.05, 0) is 43.3 Å². The molecule has 0 aliphatic rings. The summed E-state index contributed by atoms with van der Waals surface area (Å²) >= 11 is 0.